The zero-order valence-electron chi connectivity index (χ0n) is 21.6. The lowest BCUT2D eigenvalue weighted by molar-refractivity contribution is -0.139. The minimum Gasteiger partial charge on any atom is -0.395 e. The maximum atomic E-state index is 14.4. The highest BCUT2D eigenvalue weighted by Crippen LogP contribution is 2.66. The van der Waals surface area contributed by atoms with Crippen molar-refractivity contribution in [1.82, 2.24) is 4.90 Å². The van der Waals surface area contributed by atoms with Gasteiger partial charge in [-0.05, 0) is 49.2 Å². The number of benzene rings is 2. The molecule has 7 nitrogen and oxygen atoms in total. The van der Waals surface area contributed by atoms with Gasteiger partial charge < -0.3 is 19.8 Å². The minimum atomic E-state index is -0.810. The van der Waals surface area contributed by atoms with Crippen molar-refractivity contribution in [3.05, 3.63) is 84.9 Å². The van der Waals surface area contributed by atoms with Crippen LogP contribution in [0, 0.1) is 11.8 Å². The molecule has 3 aliphatic heterocycles. The second-order valence-electron chi connectivity index (χ2n) is 10.1. The number of halogens is 1. The minimum absolute atomic E-state index is 0.0250. The highest BCUT2D eigenvalue weighted by Gasteiger charge is 2.74. The number of fused-ring (bicyclic) bond motifs is 1. The third kappa shape index (κ3) is 4.58. The number of carbonyl (C=O) groups excluding carboxylic acids is 3. The molecule has 3 heterocycles. The monoisotopic (exact) mass is 565 g/mol. The van der Waals surface area contributed by atoms with Gasteiger partial charge >= 0.3 is 0 Å². The molecular weight excluding hydrogens is 534 g/mol. The van der Waals surface area contributed by atoms with E-state index in [0.717, 1.165) is 12.1 Å². The maximum absolute atomic E-state index is 14.4. The molecule has 2 aromatic carbocycles. The lowest BCUT2D eigenvalue weighted by atomic mass is 9.70. The standard InChI is InChI=1S/C30H32ClN3O4S/c1-3-16-32(21-8-6-5-7-9-21)27(36)24-23-14-15-30(39-23)25(24)28(37)34(18-19-35)26(30)29(38)33(17-4-2)22-12-10-20(31)11-13-22/h3-13,23-26,35H,1-2,14-19H2/t23-,24+,25+,26?,30?/m1/s1. The zero-order chi connectivity index (χ0) is 27.7. The van der Waals surface area contributed by atoms with E-state index >= 15 is 0 Å². The maximum Gasteiger partial charge on any atom is 0.251 e. The smallest absolute Gasteiger partial charge is 0.251 e. The van der Waals surface area contributed by atoms with E-state index in [0.29, 0.717) is 23.7 Å². The fraction of sp³-hybridized carbons (Fsp3) is 0.367. The van der Waals surface area contributed by atoms with Crippen LogP contribution in [-0.4, -0.2) is 70.0 Å². The summed E-state index contributed by atoms with van der Waals surface area (Å²) in [6.45, 7) is 7.98. The summed E-state index contributed by atoms with van der Waals surface area (Å²) in [6.07, 6.45) is 4.71. The Labute approximate surface area is 238 Å². The molecule has 0 aliphatic carbocycles. The Morgan fingerprint density at radius 1 is 1.03 bits per heavy atom. The summed E-state index contributed by atoms with van der Waals surface area (Å²) in [5, 5.41) is 10.4. The molecule has 3 fully saturated rings. The molecule has 5 rings (SSSR count). The summed E-state index contributed by atoms with van der Waals surface area (Å²) < 4.78 is -0.753. The van der Waals surface area contributed by atoms with Crippen molar-refractivity contribution in [3.63, 3.8) is 0 Å². The van der Waals surface area contributed by atoms with Crippen LogP contribution in [0.1, 0.15) is 12.8 Å². The third-order valence-corrected chi connectivity index (χ3v) is 10.2. The Hall–Kier alpha value is -3.07. The van der Waals surface area contributed by atoms with Crippen molar-refractivity contribution < 1.29 is 19.5 Å². The van der Waals surface area contributed by atoms with E-state index in [2.05, 4.69) is 13.2 Å². The fourth-order valence-corrected chi connectivity index (χ4v) is 8.85. The molecule has 2 bridgehead atoms. The summed E-state index contributed by atoms with van der Waals surface area (Å²) in [7, 11) is 0. The van der Waals surface area contributed by atoms with Gasteiger partial charge in [0.15, 0.2) is 0 Å². The molecule has 0 aromatic heterocycles. The van der Waals surface area contributed by atoms with Gasteiger partial charge in [0.25, 0.3) is 5.91 Å². The van der Waals surface area contributed by atoms with Gasteiger partial charge in [0.1, 0.15) is 6.04 Å². The number of anilines is 2. The Morgan fingerprint density at radius 2 is 1.64 bits per heavy atom. The highest BCUT2D eigenvalue weighted by molar-refractivity contribution is 8.02. The van der Waals surface area contributed by atoms with Crippen molar-refractivity contribution >= 4 is 52.5 Å². The predicted molar refractivity (Wildman–Crippen MR) is 156 cm³/mol. The number of carbonyl (C=O) groups is 3. The summed E-state index contributed by atoms with van der Waals surface area (Å²) in [4.78, 5) is 47.4. The van der Waals surface area contributed by atoms with Gasteiger partial charge in [-0.2, -0.15) is 0 Å². The average Bonchev–Trinajstić information content (AvgIpc) is 3.59. The number of nitrogens with zero attached hydrogens (tertiary/aromatic N) is 3. The number of amides is 3. The molecule has 39 heavy (non-hydrogen) atoms. The number of β-amino-alcohol motifs (C(OH)–C–C–N with tert-alkyl or cyclic N) is 1. The van der Waals surface area contributed by atoms with E-state index in [4.69, 9.17) is 11.6 Å². The van der Waals surface area contributed by atoms with Crippen LogP contribution < -0.4 is 9.80 Å². The van der Waals surface area contributed by atoms with E-state index in [-0.39, 0.29) is 42.7 Å². The largest absolute Gasteiger partial charge is 0.395 e. The van der Waals surface area contributed by atoms with Gasteiger partial charge in [0, 0.05) is 41.3 Å². The van der Waals surface area contributed by atoms with Crippen LogP contribution in [0.4, 0.5) is 11.4 Å². The number of rotatable bonds is 10. The van der Waals surface area contributed by atoms with Gasteiger partial charge in [-0.1, -0.05) is 42.0 Å². The second-order valence-corrected chi connectivity index (χ2v) is 12.1. The van der Waals surface area contributed by atoms with Crippen molar-refractivity contribution in [2.45, 2.75) is 28.9 Å². The molecule has 2 unspecified atom stereocenters. The molecular formula is C30H32ClN3O4S. The SMILES string of the molecule is C=CCN(C(=O)C1N(CCO)C(=O)[C@@H]2[C@@H](C(=O)N(CC=C)c3ccccc3)[C@H]3CCC12S3)c1ccc(Cl)cc1. The van der Waals surface area contributed by atoms with Crippen molar-refractivity contribution in [1.29, 1.82) is 0 Å². The molecule has 2 aromatic rings. The fourth-order valence-electron chi connectivity index (χ4n) is 6.52. The number of aliphatic hydroxyl groups excluding tert-OH is 1. The van der Waals surface area contributed by atoms with Crippen LogP contribution >= 0.6 is 23.4 Å². The first kappa shape index (κ1) is 27.5. The van der Waals surface area contributed by atoms with E-state index < -0.39 is 22.6 Å². The van der Waals surface area contributed by atoms with E-state index in [1.54, 1.807) is 58.0 Å². The second kappa shape index (κ2) is 11.2. The molecule has 0 saturated carbocycles. The van der Waals surface area contributed by atoms with Crippen LogP contribution in [0.15, 0.2) is 79.9 Å². The van der Waals surface area contributed by atoms with Crippen molar-refractivity contribution in [2.75, 3.05) is 36.0 Å². The molecule has 0 radical (unpaired) electrons. The third-order valence-electron chi connectivity index (χ3n) is 8.02. The first-order chi connectivity index (χ1) is 18.9. The number of hydrogen-bond acceptors (Lipinski definition) is 5. The number of likely N-dealkylation sites (tertiary alicyclic amines) is 1. The Morgan fingerprint density at radius 3 is 2.26 bits per heavy atom. The Balaban J connectivity index is 1.54. The van der Waals surface area contributed by atoms with Crippen molar-refractivity contribution in [2.24, 2.45) is 11.8 Å². The topological polar surface area (TPSA) is 81.2 Å². The first-order valence-corrected chi connectivity index (χ1v) is 14.4. The molecule has 3 aliphatic rings. The lowest BCUT2D eigenvalue weighted by Crippen LogP contribution is -2.55. The summed E-state index contributed by atoms with van der Waals surface area (Å²) in [5.41, 5.74) is 1.39. The van der Waals surface area contributed by atoms with Crippen molar-refractivity contribution in [3.8, 4) is 0 Å². The van der Waals surface area contributed by atoms with E-state index in [9.17, 15) is 19.5 Å². The van der Waals surface area contributed by atoms with Crippen LogP contribution in [0.2, 0.25) is 5.02 Å². The summed E-state index contributed by atoms with van der Waals surface area (Å²) >= 11 is 7.70. The number of thioether (sulfide) groups is 1. The highest BCUT2D eigenvalue weighted by atomic mass is 35.5. The normalized spacial score (nSPS) is 26.8. The average molecular weight is 566 g/mol. The summed E-state index contributed by atoms with van der Waals surface area (Å²) in [5.74, 6) is -1.83. The number of hydrogen-bond donors (Lipinski definition) is 1. The van der Waals surface area contributed by atoms with Gasteiger partial charge in [-0.3, -0.25) is 14.4 Å². The molecule has 3 saturated heterocycles. The van der Waals surface area contributed by atoms with Gasteiger partial charge in [-0.15, -0.1) is 24.9 Å². The molecule has 5 atom stereocenters. The Bertz CT molecular complexity index is 1270. The molecule has 1 N–H and O–H groups in total. The first-order valence-electron chi connectivity index (χ1n) is 13.1. The number of para-hydroxylation sites is 1. The predicted octanol–water partition coefficient (Wildman–Crippen LogP) is 4.16. The Kier molecular flexibility index (Phi) is 7.89. The molecule has 3 amide bonds. The van der Waals surface area contributed by atoms with E-state index in [1.165, 1.54) is 4.90 Å². The molecule has 1 spiro atoms. The quantitative estimate of drug-likeness (QED) is 0.438. The zero-order valence-corrected chi connectivity index (χ0v) is 23.2. The molecule has 204 valence electrons. The lowest BCUT2D eigenvalue weighted by Gasteiger charge is -2.37. The van der Waals surface area contributed by atoms with Crippen LogP contribution in [-0.2, 0) is 14.4 Å². The number of aliphatic hydroxyl groups is 1. The van der Waals surface area contributed by atoms with Crippen LogP contribution in [0.25, 0.3) is 0 Å². The van der Waals surface area contributed by atoms with Crippen LogP contribution in [0.5, 0.6) is 0 Å². The summed E-state index contributed by atoms with van der Waals surface area (Å²) in [6, 6.07) is 15.5. The molecule has 9 heteroatoms. The van der Waals surface area contributed by atoms with Gasteiger partial charge in [0.2, 0.25) is 11.8 Å². The van der Waals surface area contributed by atoms with Gasteiger partial charge in [-0.25, -0.2) is 0 Å². The van der Waals surface area contributed by atoms with Gasteiger partial charge in [0.05, 0.1) is 23.2 Å². The van der Waals surface area contributed by atoms with E-state index in [1.807, 2.05) is 30.3 Å². The van der Waals surface area contributed by atoms with Crippen LogP contribution in [0.3, 0.4) is 0 Å².